The summed E-state index contributed by atoms with van der Waals surface area (Å²) in [5, 5.41) is 17.2. The summed E-state index contributed by atoms with van der Waals surface area (Å²) < 4.78 is 59.3. The van der Waals surface area contributed by atoms with Gasteiger partial charge in [-0.25, -0.2) is 16.8 Å². The minimum Gasteiger partial charge on any atom is -0.748 e. The molecule has 0 saturated heterocycles. The first-order valence-corrected chi connectivity index (χ1v) is 8.30. The molecule has 11 heteroatoms. The van der Waals surface area contributed by atoms with Gasteiger partial charge in [-0.15, -0.1) is 0 Å². The fourth-order valence-electron chi connectivity index (χ4n) is 0.707. The van der Waals surface area contributed by atoms with Gasteiger partial charge in [-0.3, -0.25) is 0 Å². The zero-order valence-electron chi connectivity index (χ0n) is 10.4. The molecule has 2 atom stereocenters. The van der Waals surface area contributed by atoms with E-state index in [0.29, 0.717) is 12.8 Å². The predicted octanol–water partition coefficient (Wildman–Crippen LogP) is -1.40. The summed E-state index contributed by atoms with van der Waals surface area (Å²) in [6.45, 7) is 3.21. The molecule has 0 bridgehead atoms. The van der Waals surface area contributed by atoms with Crippen molar-refractivity contribution < 1.29 is 53.2 Å². The molecular formula is C8H18CuO8S2. The van der Waals surface area contributed by atoms with Gasteiger partial charge in [0.2, 0.25) is 0 Å². The van der Waals surface area contributed by atoms with Gasteiger partial charge < -0.3 is 19.3 Å². The van der Waals surface area contributed by atoms with Crippen LogP contribution < -0.4 is 0 Å². The maximum Gasteiger partial charge on any atom is 2.00 e. The Kier molecular flexibility index (Phi) is 14.0. The minimum absolute atomic E-state index is 0. The van der Waals surface area contributed by atoms with Crippen LogP contribution in [0.4, 0.5) is 0 Å². The average Bonchev–Trinajstić information content (AvgIpc) is 2.13. The van der Waals surface area contributed by atoms with E-state index >= 15 is 0 Å². The Labute approximate surface area is 124 Å². The van der Waals surface area contributed by atoms with Gasteiger partial charge in [0.1, 0.15) is 0 Å². The van der Waals surface area contributed by atoms with Crippen LogP contribution in [0, 0.1) is 0 Å². The van der Waals surface area contributed by atoms with E-state index in [9.17, 15) is 25.9 Å². The van der Waals surface area contributed by atoms with Gasteiger partial charge in [0, 0.05) is 0 Å². The van der Waals surface area contributed by atoms with Crippen LogP contribution in [0.15, 0.2) is 0 Å². The molecule has 0 spiro atoms. The minimum atomic E-state index is -4.24. The van der Waals surface area contributed by atoms with E-state index in [4.69, 9.17) is 10.2 Å². The average molecular weight is 370 g/mol. The van der Waals surface area contributed by atoms with E-state index < -0.39 is 43.9 Å². The first-order valence-electron chi connectivity index (χ1n) is 5.14. The molecule has 0 rings (SSSR count). The Bertz CT molecular complexity index is 364. The number of hydrogen-bond donors (Lipinski definition) is 2. The summed E-state index contributed by atoms with van der Waals surface area (Å²) >= 11 is 0. The smallest absolute Gasteiger partial charge is 0.748 e. The Balaban J connectivity index is -0.000000256. The molecule has 0 fully saturated rings. The number of hydrogen-bond acceptors (Lipinski definition) is 8. The van der Waals surface area contributed by atoms with Crippen molar-refractivity contribution in [3.63, 3.8) is 0 Å². The predicted molar refractivity (Wildman–Crippen MR) is 61.7 cm³/mol. The van der Waals surface area contributed by atoms with Gasteiger partial charge in [0.15, 0.2) is 0 Å². The topological polar surface area (TPSA) is 155 Å². The summed E-state index contributed by atoms with van der Waals surface area (Å²) in [5.41, 5.74) is 0. The first-order chi connectivity index (χ1) is 7.91. The Morgan fingerprint density at radius 3 is 1.11 bits per heavy atom. The zero-order chi connectivity index (χ0) is 15.0. The summed E-state index contributed by atoms with van der Waals surface area (Å²) in [5.74, 6) is -1.35. The molecule has 0 heterocycles. The molecule has 0 aliphatic heterocycles. The van der Waals surface area contributed by atoms with Gasteiger partial charge in [-0.1, -0.05) is 13.8 Å². The molecule has 8 nitrogen and oxygen atoms in total. The molecular weight excluding hydrogens is 352 g/mol. The molecule has 0 aliphatic rings. The largest absolute Gasteiger partial charge is 2.00 e. The van der Waals surface area contributed by atoms with Crippen molar-refractivity contribution in [2.45, 2.75) is 38.9 Å². The SMILES string of the molecule is CCC(O)CS(=O)(=O)[O-].CCC(O)CS(=O)(=O)[O-].[Cu+2]. The molecule has 1 radical (unpaired) electrons. The van der Waals surface area contributed by atoms with Crippen molar-refractivity contribution in [2.75, 3.05) is 11.5 Å². The second kappa shape index (κ2) is 11.0. The Morgan fingerprint density at radius 1 is 0.842 bits per heavy atom. The van der Waals surface area contributed by atoms with E-state index in [0.717, 1.165) is 0 Å². The van der Waals surface area contributed by atoms with Crippen molar-refractivity contribution >= 4 is 20.2 Å². The van der Waals surface area contributed by atoms with Crippen molar-refractivity contribution in [1.29, 1.82) is 0 Å². The van der Waals surface area contributed by atoms with Crippen LogP contribution in [0.25, 0.3) is 0 Å². The van der Waals surface area contributed by atoms with Gasteiger partial charge in [0.25, 0.3) is 0 Å². The second-order valence-electron chi connectivity index (χ2n) is 3.57. The molecule has 0 aromatic heterocycles. The molecule has 0 amide bonds. The van der Waals surface area contributed by atoms with Crippen molar-refractivity contribution in [1.82, 2.24) is 0 Å². The van der Waals surface area contributed by atoms with Crippen LogP contribution in [-0.4, -0.2) is 59.9 Å². The quantitative estimate of drug-likeness (QED) is 0.428. The molecule has 121 valence electrons. The number of aliphatic hydroxyl groups is 2. The molecule has 2 N–H and O–H groups in total. The maximum absolute atomic E-state index is 9.88. The third kappa shape index (κ3) is 23.7. The van der Waals surface area contributed by atoms with Crippen LogP contribution in [0.3, 0.4) is 0 Å². The monoisotopic (exact) mass is 369 g/mol. The van der Waals surface area contributed by atoms with Gasteiger partial charge in [0.05, 0.1) is 43.9 Å². The summed E-state index contributed by atoms with van der Waals surface area (Å²) in [7, 11) is -8.47. The van der Waals surface area contributed by atoms with E-state index in [1.54, 1.807) is 13.8 Å². The zero-order valence-corrected chi connectivity index (χ0v) is 13.0. The van der Waals surface area contributed by atoms with E-state index in [1.807, 2.05) is 0 Å². The van der Waals surface area contributed by atoms with Crippen molar-refractivity contribution in [3.8, 4) is 0 Å². The summed E-state index contributed by atoms with van der Waals surface area (Å²) in [6, 6.07) is 0. The molecule has 0 aromatic carbocycles. The fourth-order valence-corrected chi connectivity index (χ4v) is 2.12. The molecule has 2 unspecified atom stereocenters. The molecule has 19 heavy (non-hydrogen) atoms. The van der Waals surface area contributed by atoms with Crippen molar-refractivity contribution in [3.05, 3.63) is 0 Å². The Morgan fingerprint density at radius 2 is 1.05 bits per heavy atom. The fraction of sp³-hybridized carbons (Fsp3) is 1.00. The van der Waals surface area contributed by atoms with Gasteiger partial charge >= 0.3 is 17.1 Å². The number of rotatable bonds is 6. The van der Waals surface area contributed by atoms with Crippen LogP contribution in [-0.2, 0) is 37.3 Å². The van der Waals surface area contributed by atoms with Crippen molar-refractivity contribution in [2.24, 2.45) is 0 Å². The van der Waals surface area contributed by atoms with Crippen LogP contribution >= 0.6 is 0 Å². The van der Waals surface area contributed by atoms with Crippen LogP contribution in [0.5, 0.6) is 0 Å². The van der Waals surface area contributed by atoms with E-state index in [-0.39, 0.29) is 17.1 Å². The third-order valence-electron chi connectivity index (χ3n) is 1.74. The second-order valence-corrected chi connectivity index (χ2v) is 6.47. The van der Waals surface area contributed by atoms with E-state index in [2.05, 4.69) is 0 Å². The van der Waals surface area contributed by atoms with Gasteiger partial charge in [-0.2, -0.15) is 0 Å². The van der Waals surface area contributed by atoms with E-state index in [1.165, 1.54) is 0 Å². The maximum atomic E-state index is 9.88. The normalized spacial score (nSPS) is 14.6. The Hall–Kier alpha value is 0.259. The molecule has 0 saturated carbocycles. The summed E-state index contributed by atoms with van der Waals surface area (Å²) in [4.78, 5) is 0. The third-order valence-corrected chi connectivity index (χ3v) is 3.32. The number of aliphatic hydroxyl groups excluding tert-OH is 2. The van der Waals surface area contributed by atoms with Crippen LogP contribution in [0.1, 0.15) is 26.7 Å². The molecule has 0 aliphatic carbocycles. The summed E-state index contributed by atoms with van der Waals surface area (Å²) in [6.07, 6.45) is -1.43. The van der Waals surface area contributed by atoms with Crippen LogP contribution in [0.2, 0.25) is 0 Å². The first kappa shape index (κ1) is 24.3. The standard InChI is InChI=1S/2C4H10O4S.Cu/c2*1-2-4(5)3-9(6,7)8;/h2*4-5H,2-3H2,1H3,(H,6,7,8);/q;;+2/p-2. The van der Waals surface area contributed by atoms with Gasteiger partial charge in [-0.05, 0) is 12.8 Å². The molecule has 0 aromatic rings.